The Labute approximate surface area is 129 Å². The van der Waals surface area contributed by atoms with Crippen molar-refractivity contribution in [1.82, 2.24) is 5.32 Å². The van der Waals surface area contributed by atoms with Crippen LogP contribution in [-0.2, 0) is 13.8 Å². The molecule has 1 aromatic carbocycles. The lowest BCUT2D eigenvalue weighted by Gasteiger charge is -2.14. The number of carbonyl (C=O) groups excluding carboxylic acids is 1. The minimum absolute atomic E-state index is 0.0373. The lowest BCUT2D eigenvalue weighted by molar-refractivity contribution is 0.0857. The van der Waals surface area contributed by atoms with E-state index in [4.69, 9.17) is 15.4 Å². The summed E-state index contributed by atoms with van der Waals surface area (Å²) in [7, 11) is 1.50. The zero-order valence-corrected chi connectivity index (χ0v) is 13.6. The Kier molecular flexibility index (Phi) is 4.91. The van der Waals surface area contributed by atoms with Gasteiger partial charge in [0.1, 0.15) is 0 Å². The summed E-state index contributed by atoms with van der Waals surface area (Å²) in [5, 5.41) is 2.79. The third-order valence-corrected chi connectivity index (χ3v) is 5.01. The molecule has 0 aromatic heterocycles. The van der Waals surface area contributed by atoms with E-state index in [1.165, 1.54) is 12.1 Å². The first-order valence-corrected chi connectivity index (χ1v) is 9.05. The molecule has 0 spiro atoms. The summed E-state index contributed by atoms with van der Waals surface area (Å²) < 4.78 is 28.3. The van der Waals surface area contributed by atoms with Crippen LogP contribution < -0.4 is 5.32 Å². The highest BCUT2D eigenvalue weighted by molar-refractivity contribution is 8.13. The number of halogens is 1. The zero-order valence-electron chi connectivity index (χ0n) is 12.0. The van der Waals surface area contributed by atoms with E-state index in [2.05, 4.69) is 5.32 Å². The number of amides is 1. The Hall–Kier alpha value is -1.11. The smallest absolute Gasteiger partial charge is 0.261 e. The van der Waals surface area contributed by atoms with Crippen molar-refractivity contribution in [3.63, 3.8) is 0 Å². The molecule has 5 nitrogen and oxygen atoms in total. The number of carbonyl (C=O) groups is 1. The topological polar surface area (TPSA) is 72.5 Å². The second-order valence-corrected chi connectivity index (χ2v) is 7.76. The van der Waals surface area contributed by atoms with Crippen LogP contribution in [0, 0.1) is 13.8 Å². The predicted molar refractivity (Wildman–Crippen MR) is 80.3 cm³/mol. The van der Waals surface area contributed by atoms with Gasteiger partial charge in [0.2, 0.25) is 0 Å². The molecule has 0 saturated carbocycles. The van der Waals surface area contributed by atoms with Gasteiger partial charge in [-0.25, -0.2) is 8.42 Å². The lowest BCUT2D eigenvalue weighted by atomic mass is 10.0. The summed E-state index contributed by atoms with van der Waals surface area (Å²) in [6, 6.07) is 2.78. The van der Waals surface area contributed by atoms with Gasteiger partial charge in [-0.3, -0.25) is 4.79 Å². The van der Waals surface area contributed by atoms with Crippen LogP contribution in [0.25, 0.3) is 0 Å². The normalized spacial score (nSPS) is 18.7. The Morgan fingerprint density at radius 2 is 2.14 bits per heavy atom. The molecule has 0 bridgehead atoms. The molecule has 1 saturated heterocycles. The average molecular weight is 332 g/mol. The highest BCUT2D eigenvalue weighted by Crippen LogP contribution is 2.22. The molecule has 1 atom stereocenters. The van der Waals surface area contributed by atoms with Crippen LogP contribution in [0.5, 0.6) is 0 Å². The maximum atomic E-state index is 12.2. The van der Waals surface area contributed by atoms with Crippen LogP contribution in [-0.4, -0.2) is 33.6 Å². The molecule has 1 aliphatic rings. The first-order valence-electron chi connectivity index (χ1n) is 6.75. The van der Waals surface area contributed by atoms with Crippen molar-refractivity contribution in [3.05, 3.63) is 28.8 Å². The van der Waals surface area contributed by atoms with Gasteiger partial charge in [0, 0.05) is 29.4 Å². The van der Waals surface area contributed by atoms with Gasteiger partial charge in [0.25, 0.3) is 15.0 Å². The van der Waals surface area contributed by atoms with Gasteiger partial charge in [-0.2, -0.15) is 0 Å². The third-order valence-electron chi connectivity index (χ3n) is 3.68. The third kappa shape index (κ3) is 3.96. The van der Waals surface area contributed by atoms with Crippen LogP contribution in [0.15, 0.2) is 17.0 Å². The van der Waals surface area contributed by atoms with Crippen molar-refractivity contribution in [2.45, 2.75) is 37.7 Å². The molecular formula is C14H18ClNO4S. The van der Waals surface area contributed by atoms with E-state index < -0.39 is 9.05 Å². The number of hydrogen-bond donors (Lipinski definition) is 1. The largest absolute Gasteiger partial charge is 0.376 e. The van der Waals surface area contributed by atoms with Crippen molar-refractivity contribution >= 4 is 25.6 Å². The molecule has 1 aliphatic heterocycles. The van der Waals surface area contributed by atoms with Gasteiger partial charge in [0.15, 0.2) is 0 Å². The van der Waals surface area contributed by atoms with Gasteiger partial charge in [-0.15, -0.1) is 0 Å². The first kappa shape index (κ1) is 16.3. The van der Waals surface area contributed by atoms with E-state index in [0.717, 1.165) is 25.0 Å². The van der Waals surface area contributed by atoms with Crippen molar-refractivity contribution in [2.24, 2.45) is 0 Å². The summed E-state index contributed by atoms with van der Waals surface area (Å²) in [5.41, 5.74) is 1.77. The SMILES string of the molecule is Cc1cc(S(=O)(=O)Cl)cc(C(=O)NCC2CCCO2)c1C. The first-order chi connectivity index (χ1) is 9.79. The van der Waals surface area contributed by atoms with Gasteiger partial charge in [0.05, 0.1) is 11.0 Å². The quantitative estimate of drug-likeness (QED) is 0.858. The summed E-state index contributed by atoms with van der Waals surface area (Å²) in [5.74, 6) is -0.312. The van der Waals surface area contributed by atoms with E-state index in [9.17, 15) is 13.2 Å². The highest BCUT2D eigenvalue weighted by atomic mass is 35.7. The summed E-state index contributed by atoms with van der Waals surface area (Å²) in [6.45, 7) is 4.67. The van der Waals surface area contributed by atoms with Crippen LogP contribution in [0.1, 0.15) is 34.3 Å². The minimum Gasteiger partial charge on any atom is -0.376 e. The maximum Gasteiger partial charge on any atom is 0.261 e. The molecular weight excluding hydrogens is 314 g/mol. The summed E-state index contributed by atoms with van der Waals surface area (Å²) >= 11 is 0. The van der Waals surface area contributed by atoms with Crippen LogP contribution in [0.2, 0.25) is 0 Å². The van der Waals surface area contributed by atoms with Crippen LogP contribution in [0.3, 0.4) is 0 Å². The number of nitrogens with one attached hydrogen (secondary N) is 1. The van der Waals surface area contributed by atoms with Crippen molar-refractivity contribution in [1.29, 1.82) is 0 Å². The summed E-state index contributed by atoms with van der Waals surface area (Å²) in [6.07, 6.45) is 1.96. The monoisotopic (exact) mass is 331 g/mol. The molecule has 2 rings (SSSR count). The molecule has 7 heteroatoms. The molecule has 1 aromatic rings. The minimum atomic E-state index is -3.86. The van der Waals surface area contributed by atoms with Crippen LogP contribution in [0.4, 0.5) is 0 Å². The molecule has 1 unspecified atom stereocenters. The molecule has 1 amide bonds. The molecule has 1 N–H and O–H groups in total. The molecule has 0 radical (unpaired) electrons. The van der Waals surface area contributed by atoms with Gasteiger partial charge < -0.3 is 10.1 Å². The molecule has 1 heterocycles. The predicted octanol–water partition coefficient (Wildman–Crippen LogP) is 2.14. The van der Waals surface area contributed by atoms with E-state index in [1.807, 2.05) is 0 Å². The highest BCUT2D eigenvalue weighted by Gasteiger charge is 2.20. The van der Waals surface area contributed by atoms with Gasteiger partial charge in [-0.1, -0.05) is 0 Å². The Morgan fingerprint density at radius 1 is 1.43 bits per heavy atom. The maximum absolute atomic E-state index is 12.2. The fourth-order valence-electron chi connectivity index (χ4n) is 2.31. The average Bonchev–Trinajstić information content (AvgIpc) is 2.91. The van der Waals surface area contributed by atoms with Crippen molar-refractivity contribution in [3.8, 4) is 0 Å². The van der Waals surface area contributed by atoms with Gasteiger partial charge >= 0.3 is 0 Å². The van der Waals surface area contributed by atoms with E-state index in [0.29, 0.717) is 17.7 Å². The fourth-order valence-corrected chi connectivity index (χ4v) is 3.15. The van der Waals surface area contributed by atoms with Crippen LogP contribution >= 0.6 is 10.7 Å². The van der Waals surface area contributed by atoms with E-state index in [-0.39, 0.29) is 16.9 Å². The number of ether oxygens (including phenoxy) is 1. The Morgan fingerprint density at radius 3 is 2.71 bits per heavy atom. The fraction of sp³-hybridized carbons (Fsp3) is 0.500. The Bertz CT molecular complexity index is 651. The van der Waals surface area contributed by atoms with Gasteiger partial charge in [-0.05, 0) is 49.9 Å². The van der Waals surface area contributed by atoms with Crippen molar-refractivity contribution in [2.75, 3.05) is 13.2 Å². The summed E-state index contributed by atoms with van der Waals surface area (Å²) in [4.78, 5) is 12.2. The van der Waals surface area contributed by atoms with Crippen molar-refractivity contribution < 1.29 is 17.9 Å². The standard InChI is InChI=1S/C14H18ClNO4S/c1-9-6-12(21(15,18)19)7-13(10(9)2)14(17)16-8-11-4-3-5-20-11/h6-7,11H,3-5,8H2,1-2H3,(H,16,17). The number of aryl methyl sites for hydroxylation is 1. The lowest BCUT2D eigenvalue weighted by Crippen LogP contribution is -2.32. The second kappa shape index (κ2) is 6.34. The number of hydrogen-bond acceptors (Lipinski definition) is 4. The molecule has 21 heavy (non-hydrogen) atoms. The molecule has 0 aliphatic carbocycles. The zero-order chi connectivity index (χ0) is 15.6. The second-order valence-electron chi connectivity index (χ2n) is 5.20. The molecule has 1 fully saturated rings. The number of benzene rings is 1. The van der Waals surface area contributed by atoms with E-state index in [1.54, 1.807) is 13.8 Å². The molecule has 116 valence electrons. The Balaban J connectivity index is 2.21. The number of rotatable bonds is 4. The van der Waals surface area contributed by atoms with E-state index >= 15 is 0 Å².